The number of H-pyrrole nitrogens is 1. The van der Waals surface area contributed by atoms with Gasteiger partial charge in [0, 0.05) is 24.2 Å². The number of rotatable bonds is 6. The van der Waals surface area contributed by atoms with Crippen LogP contribution in [0.1, 0.15) is 13.3 Å². The van der Waals surface area contributed by atoms with Gasteiger partial charge in [-0.05, 0) is 37.5 Å². The molecular weight excluding hydrogens is 501 g/mol. The van der Waals surface area contributed by atoms with E-state index >= 15 is 0 Å². The molecule has 1 aliphatic heterocycles. The largest absolute Gasteiger partial charge is 0.480 e. The summed E-state index contributed by atoms with van der Waals surface area (Å²) < 4.78 is 22.5. The van der Waals surface area contributed by atoms with Crippen LogP contribution in [0.4, 0.5) is 10.1 Å². The topological polar surface area (TPSA) is 131 Å². The van der Waals surface area contributed by atoms with Gasteiger partial charge >= 0.3 is 17.3 Å². The van der Waals surface area contributed by atoms with Crippen molar-refractivity contribution in [3.05, 3.63) is 73.9 Å². The van der Waals surface area contributed by atoms with Gasteiger partial charge in [0.1, 0.15) is 5.25 Å². The molecule has 2 heterocycles. The van der Waals surface area contributed by atoms with Crippen LogP contribution in [0.3, 0.4) is 0 Å². The standard InChI is InChI=1S/C22H21ClFN5O5S/c1-2-28-20(32)27-19(29(22(28)33)11-12-3-5-13(23)6-4-12)26-14-7-8-16(15(24)9-14)34-21-25-10-17(35-21)18(30)31/h3,5-9,12,17H,2,4,10-11H2,1H3,(H,30,31)(H,26,27,32). The average Bonchev–Trinajstić information content (AvgIpc) is 3.29. The minimum absolute atomic E-state index is 0.0214. The lowest BCUT2D eigenvalue weighted by atomic mass is 10.0. The van der Waals surface area contributed by atoms with Gasteiger partial charge in [-0.15, -0.1) is 0 Å². The monoisotopic (exact) mass is 521 g/mol. The lowest BCUT2D eigenvalue weighted by Gasteiger charge is -2.16. The van der Waals surface area contributed by atoms with Crippen LogP contribution in [0.15, 0.2) is 61.0 Å². The first-order valence-electron chi connectivity index (χ1n) is 10.7. The highest BCUT2D eigenvalue weighted by molar-refractivity contribution is 8.15. The Kier molecular flexibility index (Phi) is 7.41. The lowest BCUT2D eigenvalue weighted by Crippen LogP contribution is -2.50. The highest BCUT2D eigenvalue weighted by Gasteiger charge is 2.28. The molecule has 2 atom stereocenters. The summed E-state index contributed by atoms with van der Waals surface area (Å²) in [5.74, 6) is -1.99. The summed E-state index contributed by atoms with van der Waals surface area (Å²) in [6.45, 7) is 2.13. The minimum Gasteiger partial charge on any atom is -0.480 e. The number of hydrogen-bond donors (Lipinski definition) is 2. The number of benzene rings is 1. The number of carboxylic acids is 1. The van der Waals surface area contributed by atoms with Crippen LogP contribution in [0.5, 0.6) is 5.75 Å². The van der Waals surface area contributed by atoms with E-state index in [-0.39, 0.29) is 47.8 Å². The fraction of sp³-hybridized carbons (Fsp3) is 0.318. The molecule has 0 radical (unpaired) electrons. The predicted molar refractivity (Wildman–Crippen MR) is 130 cm³/mol. The molecule has 184 valence electrons. The second-order valence-electron chi connectivity index (χ2n) is 7.72. The molecule has 2 N–H and O–H groups in total. The van der Waals surface area contributed by atoms with E-state index in [9.17, 15) is 18.8 Å². The molecule has 2 aliphatic rings. The number of thioether (sulfide) groups is 1. The molecule has 35 heavy (non-hydrogen) atoms. The molecular formula is C22H21ClFN5O5S. The number of aromatic amines is 1. The molecule has 0 amide bonds. The zero-order valence-corrected chi connectivity index (χ0v) is 20.1. The van der Waals surface area contributed by atoms with Gasteiger partial charge < -0.3 is 9.84 Å². The van der Waals surface area contributed by atoms with E-state index in [0.29, 0.717) is 11.5 Å². The van der Waals surface area contributed by atoms with Gasteiger partial charge in [-0.3, -0.25) is 14.3 Å². The van der Waals surface area contributed by atoms with Crippen molar-refractivity contribution in [3.8, 4) is 5.75 Å². The number of aliphatic imine (C=N–C) groups is 1. The van der Waals surface area contributed by atoms with Crippen molar-refractivity contribution in [2.75, 3.05) is 6.54 Å². The van der Waals surface area contributed by atoms with Crippen LogP contribution in [-0.2, 0) is 17.9 Å². The van der Waals surface area contributed by atoms with Gasteiger partial charge in [0.05, 0.1) is 12.2 Å². The maximum atomic E-state index is 14.7. The van der Waals surface area contributed by atoms with Gasteiger partial charge in [0.2, 0.25) is 5.62 Å². The van der Waals surface area contributed by atoms with Gasteiger partial charge in [-0.2, -0.15) is 0 Å². The second-order valence-corrected chi connectivity index (χ2v) is 9.31. The van der Waals surface area contributed by atoms with Crippen LogP contribution in [0, 0.1) is 11.7 Å². The number of allylic oxidation sites excluding steroid dienone is 4. The Morgan fingerprint density at radius 1 is 1.40 bits per heavy atom. The number of carboxylic acid groups (broad SMARTS) is 1. The van der Waals surface area contributed by atoms with Gasteiger partial charge in [-0.1, -0.05) is 35.5 Å². The molecule has 0 bridgehead atoms. The summed E-state index contributed by atoms with van der Waals surface area (Å²) in [5, 5.41) is 8.93. The third-order valence-electron chi connectivity index (χ3n) is 5.31. The van der Waals surface area contributed by atoms with Crippen LogP contribution < -0.4 is 21.7 Å². The zero-order chi connectivity index (χ0) is 25.1. The maximum absolute atomic E-state index is 14.7. The molecule has 2 aromatic rings. The second kappa shape index (κ2) is 10.5. The SMILES string of the molecule is CCn1c(=O)[nH]/c(=N\c2ccc(OC3=NCC(C(=O)O)S3)c(F)c2)n(CC2C=CC(Cl)=CC2)c1=O. The van der Waals surface area contributed by atoms with E-state index in [1.807, 2.05) is 12.2 Å². The Labute approximate surface area is 207 Å². The van der Waals surface area contributed by atoms with Crippen molar-refractivity contribution in [2.45, 2.75) is 31.7 Å². The summed E-state index contributed by atoms with van der Waals surface area (Å²) in [7, 11) is 0. The molecule has 0 fully saturated rings. The molecule has 4 rings (SSSR count). The van der Waals surface area contributed by atoms with Crippen LogP contribution in [0.2, 0.25) is 0 Å². The molecule has 0 saturated heterocycles. The molecule has 1 aromatic heterocycles. The summed E-state index contributed by atoms with van der Waals surface area (Å²) in [5.41, 5.74) is -1.04. The van der Waals surface area contributed by atoms with Gasteiger partial charge in [0.25, 0.3) is 5.23 Å². The van der Waals surface area contributed by atoms with E-state index in [1.165, 1.54) is 16.7 Å². The first-order valence-corrected chi connectivity index (χ1v) is 11.9. The summed E-state index contributed by atoms with van der Waals surface area (Å²) >= 11 is 6.87. The van der Waals surface area contributed by atoms with Crippen molar-refractivity contribution < 1.29 is 19.0 Å². The Bertz CT molecular complexity index is 1440. The van der Waals surface area contributed by atoms with Crippen molar-refractivity contribution >= 4 is 40.2 Å². The molecule has 1 aliphatic carbocycles. The third-order valence-corrected chi connectivity index (χ3v) is 6.64. The van der Waals surface area contributed by atoms with Gasteiger partial charge in [-0.25, -0.2) is 28.5 Å². The number of aromatic nitrogens is 3. The average molecular weight is 522 g/mol. The van der Waals surface area contributed by atoms with Crippen molar-refractivity contribution in [1.29, 1.82) is 0 Å². The summed E-state index contributed by atoms with van der Waals surface area (Å²) in [4.78, 5) is 47.3. The molecule has 1 aromatic carbocycles. The number of aliphatic carboxylic acids is 1. The molecule has 10 nitrogen and oxygen atoms in total. The van der Waals surface area contributed by atoms with E-state index < -0.39 is 28.4 Å². The summed E-state index contributed by atoms with van der Waals surface area (Å²) in [6.07, 6.45) is 6.08. The highest BCUT2D eigenvalue weighted by Crippen LogP contribution is 2.28. The fourth-order valence-electron chi connectivity index (χ4n) is 3.49. The van der Waals surface area contributed by atoms with E-state index in [2.05, 4.69) is 15.0 Å². The molecule has 0 spiro atoms. The number of nitrogens with one attached hydrogen (secondary N) is 1. The van der Waals surface area contributed by atoms with Crippen LogP contribution in [-0.4, -0.2) is 42.2 Å². The maximum Gasteiger partial charge on any atom is 0.334 e. The first-order chi connectivity index (χ1) is 16.7. The van der Waals surface area contributed by atoms with E-state index in [0.717, 1.165) is 22.4 Å². The number of nitrogens with zero attached hydrogens (tertiary/aromatic N) is 4. The predicted octanol–water partition coefficient (Wildman–Crippen LogP) is 2.36. The Balaban J connectivity index is 1.65. The van der Waals surface area contributed by atoms with Gasteiger partial charge in [0.15, 0.2) is 11.6 Å². The lowest BCUT2D eigenvalue weighted by molar-refractivity contribution is -0.136. The van der Waals surface area contributed by atoms with E-state index in [4.69, 9.17) is 21.4 Å². The normalized spacial score (nSPS) is 20.0. The quantitative estimate of drug-likeness (QED) is 0.600. The van der Waals surface area contributed by atoms with Crippen LogP contribution in [0.25, 0.3) is 0 Å². The first kappa shape index (κ1) is 24.7. The Morgan fingerprint density at radius 2 is 2.20 bits per heavy atom. The Hall–Kier alpha value is -3.38. The van der Waals surface area contributed by atoms with E-state index in [1.54, 1.807) is 13.0 Å². The van der Waals surface area contributed by atoms with Crippen molar-refractivity contribution in [3.63, 3.8) is 0 Å². The third kappa shape index (κ3) is 5.65. The molecule has 2 unspecified atom stereocenters. The number of ether oxygens (including phenoxy) is 1. The fourth-order valence-corrected chi connectivity index (χ4v) is 4.43. The van der Waals surface area contributed by atoms with Crippen LogP contribution >= 0.6 is 23.4 Å². The number of carbonyl (C=O) groups is 1. The number of halogens is 2. The van der Waals surface area contributed by atoms with Crippen molar-refractivity contribution in [1.82, 2.24) is 14.1 Å². The molecule has 0 saturated carbocycles. The number of hydrogen-bond acceptors (Lipinski definition) is 7. The molecule has 13 heteroatoms. The zero-order valence-electron chi connectivity index (χ0n) is 18.5. The smallest absolute Gasteiger partial charge is 0.334 e. The highest BCUT2D eigenvalue weighted by atomic mass is 35.5. The van der Waals surface area contributed by atoms with Crippen molar-refractivity contribution in [2.24, 2.45) is 15.9 Å². The summed E-state index contributed by atoms with van der Waals surface area (Å²) in [6, 6.07) is 3.85. The Morgan fingerprint density at radius 3 is 2.83 bits per heavy atom. The minimum atomic E-state index is -1.03.